The Hall–Kier alpha value is -2.70. The van der Waals surface area contributed by atoms with E-state index in [1.165, 1.54) is 0 Å². The maximum absolute atomic E-state index is 12.7. The zero-order valence-electron chi connectivity index (χ0n) is 14.9. The topological polar surface area (TPSA) is 62.2 Å². The van der Waals surface area contributed by atoms with E-state index in [0.717, 1.165) is 17.1 Å². The number of halogens is 2. The van der Waals surface area contributed by atoms with Crippen molar-refractivity contribution < 1.29 is 4.79 Å². The second-order valence-corrected chi connectivity index (χ2v) is 7.27. The zero-order chi connectivity index (χ0) is 19.5. The molecular formula is C20H17Cl2N5O. The number of amides is 1. The largest absolute Gasteiger partial charge is 0.352 e. The van der Waals surface area contributed by atoms with Crippen LogP contribution >= 0.6 is 23.2 Å². The van der Waals surface area contributed by atoms with E-state index in [4.69, 9.17) is 23.2 Å². The summed E-state index contributed by atoms with van der Waals surface area (Å²) in [5, 5.41) is 9.55. The van der Waals surface area contributed by atoms with Crippen LogP contribution in [0.5, 0.6) is 0 Å². The number of carbonyl (C=O) groups excluding carboxylic acids is 1. The third-order valence-electron chi connectivity index (χ3n) is 4.66. The Morgan fingerprint density at radius 2 is 1.79 bits per heavy atom. The summed E-state index contributed by atoms with van der Waals surface area (Å²) in [5.74, 6) is 0.686. The van der Waals surface area contributed by atoms with E-state index < -0.39 is 0 Å². The summed E-state index contributed by atoms with van der Waals surface area (Å²) < 4.78 is 0. The Kier molecular flexibility index (Phi) is 5.41. The van der Waals surface area contributed by atoms with Crippen molar-refractivity contribution in [3.05, 3.63) is 70.5 Å². The second-order valence-electron chi connectivity index (χ2n) is 6.42. The van der Waals surface area contributed by atoms with Crippen LogP contribution in [0, 0.1) is 0 Å². The normalized spacial score (nSPS) is 14.2. The lowest BCUT2D eigenvalue weighted by molar-refractivity contribution is 0.0746. The molecule has 0 aliphatic carbocycles. The van der Waals surface area contributed by atoms with Gasteiger partial charge in [-0.3, -0.25) is 9.78 Å². The van der Waals surface area contributed by atoms with Gasteiger partial charge in [0.25, 0.3) is 5.91 Å². The predicted octanol–water partition coefficient (Wildman–Crippen LogP) is 3.81. The fraction of sp³-hybridized carbons (Fsp3) is 0.200. The van der Waals surface area contributed by atoms with E-state index in [1.54, 1.807) is 35.5 Å². The molecule has 1 amide bonds. The Morgan fingerprint density at radius 3 is 2.46 bits per heavy atom. The van der Waals surface area contributed by atoms with Gasteiger partial charge >= 0.3 is 0 Å². The molecule has 0 atom stereocenters. The highest BCUT2D eigenvalue weighted by atomic mass is 35.5. The molecule has 142 valence electrons. The van der Waals surface area contributed by atoms with Crippen molar-refractivity contribution in [2.45, 2.75) is 0 Å². The van der Waals surface area contributed by atoms with Crippen LogP contribution in [0.3, 0.4) is 0 Å². The quantitative estimate of drug-likeness (QED) is 0.653. The predicted molar refractivity (Wildman–Crippen MR) is 110 cm³/mol. The minimum Gasteiger partial charge on any atom is -0.352 e. The van der Waals surface area contributed by atoms with E-state index in [0.29, 0.717) is 41.8 Å². The highest BCUT2D eigenvalue weighted by molar-refractivity contribution is 6.35. The Bertz CT molecular complexity index is 974. The number of hydrogen-bond acceptors (Lipinski definition) is 5. The lowest BCUT2D eigenvalue weighted by Crippen LogP contribution is -2.49. The average Bonchev–Trinajstić information content (AvgIpc) is 2.76. The molecule has 1 fully saturated rings. The molecule has 1 aromatic carbocycles. The molecule has 0 unspecified atom stereocenters. The van der Waals surface area contributed by atoms with Crippen molar-refractivity contribution in [3.63, 3.8) is 0 Å². The van der Waals surface area contributed by atoms with Gasteiger partial charge in [-0.15, -0.1) is 10.2 Å². The summed E-state index contributed by atoms with van der Waals surface area (Å²) in [4.78, 5) is 20.7. The molecule has 4 rings (SSSR count). The van der Waals surface area contributed by atoms with Gasteiger partial charge < -0.3 is 9.80 Å². The molecule has 3 aromatic rings. The molecule has 0 N–H and O–H groups in total. The van der Waals surface area contributed by atoms with Gasteiger partial charge in [-0.1, -0.05) is 23.2 Å². The Morgan fingerprint density at radius 1 is 0.964 bits per heavy atom. The smallest absolute Gasteiger partial charge is 0.255 e. The number of anilines is 1. The number of hydrogen-bond donors (Lipinski definition) is 0. The highest BCUT2D eigenvalue weighted by Crippen LogP contribution is 2.23. The van der Waals surface area contributed by atoms with Gasteiger partial charge in [0, 0.05) is 49.2 Å². The van der Waals surface area contributed by atoms with Gasteiger partial charge in [0.05, 0.1) is 16.3 Å². The second kappa shape index (κ2) is 8.12. The number of piperazine rings is 1. The molecule has 6 nitrogen and oxygen atoms in total. The average molecular weight is 414 g/mol. The van der Waals surface area contributed by atoms with Crippen LogP contribution in [0.1, 0.15) is 10.4 Å². The van der Waals surface area contributed by atoms with E-state index in [-0.39, 0.29) is 5.91 Å². The molecule has 1 aliphatic rings. The number of aromatic nitrogens is 3. The molecule has 3 heterocycles. The van der Waals surface area contributed by atoms with Crippen molar-refractivity contribution in [2.75, 3.05) is 31.1 Å². The van der Waals surface area contributed by atoms with Crippen molar-refractivity contribution in [2.24, 2.45) is 0 Å². The summed E-state index contributed by atoms with van der Waals surface area (Å²) in [6.45, 7) is 2.50. The monoisotopic (exact) mass is 413 g/mol. The van der Waals surface area contributed by atoms with E-state index in [9.17, 15) is 4.79 Å². The van der Waals surface area contributed by atoms with Crippen LogP contribution in [0.25, 0.3) is 11.3 Å². The minimum atomic E-state index is -0.106. The minimum absolute atomic E-state index is 0.106. The first-order chi connectivity index (χ1) is 13.6. The summed E-state index contributed by atoms with van der Waals surface area (Å²) >= 11 is 12.2. The van der Waals surface area contributed by atoms with Gasteiger partial charge in [-0.05, 0) is 42.5 Å². The van der Waals surface area contributed by atoms with Crippen LogP contribution in [-0.4, -0.2) is 52.2 Å². The molecule has 0 radical (unpaired) electrons. The maximum atomic E-state index is 12.7. The third-order valence-corrected chi connectivity index (χ3v) is 5.22. The van der Waals surface area contributed by atoms with Crippen molar-refractivity contribution in [3.8, 4) is 11.3 Å². The van der Waals surface area contributed by atoms with Crippen molar-refractivity contribution in [1.82, 2.24) is 20.1 Å². The molecule has 8 heteroatoms. The van der Waals surface area contributed by atoms with E-state index >= 15 is 0 Å². The molecule has 0 spiro atoms. The Balaban J connectivity index is 1.41. The van der Waals surface area contributed by atoms with Crippen LogP contribution in [0.4, 0.5) is 5.82 Å². The summed E-state index contributed by atoms with van der Waals surface area (Å²) in [7, 11) is 0. The van der Waals surface area contributed by atoms with E-state index in [1.807, 2.05) is 24.3 Å². The van der Waals surface area contributed by atoms with Crippen molar-refractivity contribution in [1.29, 1.82) is 0 Å². The molecule has 28 heavy (non-hydrogen) atoms. The summed E-state index contributed by atoms with van der Waals surface area (Å²) in [6.07, 6.45) is 3.48. The molecule has 1 aliphatic heterocycles. The van der Waals surface area contributed by atoms with Gasteiger partial charge in [0.1, 0.15) is 0 Å². The molecule has 1 saturated heterocycles. The SMILES string of the molecule is O=C(c1cc(Cl)ccc1Cl)N1CCN(c2ccc(-c3cccnc3)nn2)CC1. The maximum Gasteiger partial charge on any atom is 0.255 e. The molecule has 0 bridgehead atoms. The summed E-state index contributed by atoms with van der Waals surface area (Å²) in [5.41, 5.74) is 2.14. The number of pyridine rings is 1. The Labute approximate surface area is 172 Å². The first-order valence-corrected chi connectivity index (χ1v) is 9.61. The fourth-order valence-corrected chi connectivity index (χ4v) is 3.50. The van der Waals surface area contributed by atoms with E-state index in [2.05, 4.69) is 20.1 Å². The number of benzene rings is 1. The van der Waals surface area contributed by atoms with Gasteiger partial charge in [0.15, 0.2) is 5.82 Å². The number of carbonyl (C=O) groups is 1. The number of nitrogens with zero attached hydrogens (tertiary/aromatic N) is 5. The van der Waals surface area contributed by atoms with Crippen LogP contribution < -0.4 is 4.90 Å². The highest BCUT2D eigenvalue weighted by Gasteiger charge is 2.24. The third kappa shape index (κ3) is 3.93. The van der Waals surface area contributed by atoms with Gasteiger partial charge in [-0.25, -0.2) is 0 Å². The standard InChI is InChI=1S/C20H17Cl2N5O/c21-15-3-4-17(22)16(12-15)20(28)27-10-8-26(9-11-27)19-6-5-18(24-25-19)14-2-1-7-23-13-14/h1-7,12-13H,8-11H2. The number of rotatable bonds is 3. The van der Waals surface area contributed by atoms with Crippen molar-refractivity contribution >= 4 is 34.9 Å². The summed E-state index contributed by atoms with van der Waals surface area (Å²) in [6, 6.07) is 12.6. The van der Waals surface area contributed by atoms with Crippen LogP contribution in [-0.2, 0) is 0 Å². The van der Waals surface area contributed by atoms with Crippen LogP contribution in [0.15, 0.2) is 54.9 Å². The van der Waals surface area contributed by atoms with Gasteiger partial charge in [0.2, 0.25) is 0 Å². The van der Waals surface area contributed by atoms with Crippen LogP contribution in [0.2, 0.25) is 10.0 Å². The molecule has 0 saturated carbocycles. The lowest BCUT2D eigenvalue weighted by atomic mass is 10.1. The molecule has 2 aromatic heterocycles. The first-order valence-electron chi connectivity index (χ1n) is 8.85. The lowest BCUT2D eigenvalue weighted by Gasteiger charge is -2.35. The van der Waals surface area contributed by atoms with Gasteiger partial charge in [-0.2, -0.15) is 0 Å². The fourth-order valence-electron chi connectivity index (χ4n) is 3.13. The molecular weight excluding hydrogens is 397 g/mol. The first kappa shape index (κ1) is 18.7. The zero-order valence-corrected chi connectivity index (χ0v) is 16.4.